The molecule has 1 aromatic carbocycles. The molecule has 1 aliphatic heterocycles. The molecular formula is C19H20Cl2N2O4S. The molecule has 0 spiro atoms. The van der Waals surface area contributed by atoms with Crippen molar-refractivity contribution in [2.24, 2.45) is 0 Å². The maximum Gasteiger partial charge on any atom is 0.341 e. The van der Waals surface area contributed by atoms with Crippen LogP contribution in [0.5, 0.6) is 5.75 Å². The molecule has 2 heterocycles. The number of amides is 1. The zero-order valence-corrected chi connectivity index (χ0v) is 18.1. The second-order valence-corrected chi connectivity index (χ2v) is 8.26. The van der Waals surface area contributed by atoms with Gasteiger partial charge in [0.2, 0.25) is 0 Å². The molecule has 150 valence electrons. The third-order valence-corrected chi connectivity index (χ3v) is 6.11. The topological polar surface area (TPSA) is 67.9 Å². The molecule has 28 heavy (non-hydrogen) atoms. The van der Waals surface area contributed by atoms with Gasteiger partial charge < -0.3 is 19.7 Å². The van der Waals surface area contributed by atoms with Gasteiger partial charge in [-0.3, -0.25) is 4.79 Å². The van der Waals surface area contributed by atoms with E-state index in [0.29, 0.717) is 16.3 Å². The number of likely N-dealkylation sites (N-methyl/N-ethyl adjacent to an activating group) is 1. The quantitative estimate of drug-likeness (QED) is 0.691. The van der Waals surface area contributed by atoms with Crippen LogP contribution >= 0.6 is 34.5 Å². The lowest BCUT2D eigenvalue weighted by molar-refractivity contribution is 0.0526. The molecule has 0 atom stereocenters. The molecule has 0 bridgehead atoms. The van der Waals surface area contributed by atoms with Gasteiger partial charge in [-0.2, -0.15) is 0 Å². The lowest BCUT2D eigenvalue weighted by atomic mass is 10.0. The summed E-state index contributed by atoms with van der Waals surface area (Å²) in [5.41, 5.74) is 1.66. The fourth-order valence-electron chi connectivity index (χ4n) is 3.10. The summed E-state index contributed by atoms with van der Waals surface area (Å²) in [7, 11) is 3.47. The number of carbonyl (C=O) groups is 2. The van der Waals surface area contributed by atoms with Crippen molar-refractivity contribution in [3.05, 3.63) is 43.7 Å². The van der Waals surface area contributed by atoms with Gasteiger partial charge in [0.15, 0.2) is 5.75 Å². The van der Waals surface area contributed by atoms with Gasteiger partial charge in [0.1, 0.15) is 5.00 Å². The number of ether oxygens (including phenoxy) is 2. The molecule has 0 saturated carbocycles. The Morgan fingerprint density at radius 3 is 2.57 bits per heavy atom. The van der Waals surface area contributed by atoms with Gasteiger partial charge in [-0.25, -0.2) is 4.79 Å². The Bertz CT molecular complexity index is 906. The Hall–Kier alpha value is -1.80. The molecule has 0 saturated heterocycles. The van der Waals surface area contributed by atoms with Crippen LogP contribution < -0.4 is 10.1 Å². The number of benzene rings is 1. The van der Waals surface area contributed by atoms with E-state index in [1.54, 1.807) is 6.92 Å². The minimum Gasteiger partial charge on any atom is -0.494 e. The number of hydrogen-bond donors (Lipinski definition) is 1. The maximum atomic E-state index is 12.8. The van der Waals surface area contributed by atoms with Crippen molar-refractivity contribution in [2.45, 2.75) is 19.9 Å². The number of esters is 1. The second kappa shape index (κ2) is 8.69. The summed E-state index contributed by atoms with van der Waals surface area (Å²) < 4.78 is 10.3. The number of thiophene rings is 1. The van der Waals surface area contributed by atoms with Crippen LogP contribution in [-0.2, 0) is 17.7 Å². The molecule has 1 aliphatic rings. The first-order valence-corrected chi connectivity index (χ1v) is 10.3. The van der Waals surface area contributed by atoms with Gasteiger partial charge in [-0.15, -0.1) is 11.3 Å². The Morgan fingerprint density at radius 2 is 1.96 bits per heavy atom. The highest BCUT2D eigenvalue weighted by Gasteiger charge is 2.29. The van der Waals surface area contributed by atoms with Crippen LogP contribution in [0.3, 0.4) is 0 Å². The average Bonchev–Trinajstić information content (AvgIpc) is 2.98. The molecular weight excluding hydrogens is 423 g/mol. The molecule has 0 aliphatic carbocycles. The standard InChI is InChI=1S/C19H20Cl2N2O4S/c1-4-27-19(25)15-11-5-6-23(2)9-14(11)28-18(15)22-17(24)10-7-12(20)16(26-3)13(21)8-10/h7-8H,4-6,9H2,1-3H3,(H,22,24). The number of methoxy groups -OCH3 is 1. The van der Waals surface area contributed by atoms with Gasteiger partial charge >= 0.3 is 5.97 Å². The van der Waals surface area contributed by atoms with E-state index in [0.717, 1.165) is 30.0 Å². The van der Waals surface area contributed by atoms with Crippen molar-refractivity contribution in [1.82, 2.24) is 4.90 Å². The number of hydrogen-bond acceptors (Lipinski definition) is 6. The lowest BCUT2D eigenvalue weighted by Crippen LogP contribution is -2.26. The number of carbonyl (C=O) groups excluding carboxylic acids is 2. The molecule has 9 heteroatoms. The monoisotopic (exact) mass is 442 g/mol. The van der Waals surface area contributed by atoms with Gasteiger partial charge in [-0.05, 0) is 38.1 Å². The highest BCUT2D eigenvalue weighted by molar-refractivity contribution is 7.17. The molecule has 1 N–H and O–H groups in total. The van der Waals surface area contributed by atoms with Crippen LogP contribution in [0.15, 0.2) is 12.1 Å². The van der Waals surface area contributed by atoms with E-state index < -0.39 is 11.9 Å². The van der Waals surface area contributed by atoms with Crippen molar-refractivity contribution in [3.8, 4) is 5.75 Å². The molecule has 3 rings (SSSR count). The van der Waals surface area contributed by atoms with Gasteiger partial charge in [-0.1, -0.05) is 23.2 Å². The summed E-state index contributed by atoms with van der Waals surface area (Å²) in [6.45, 7) is 3.58. The van der Waals surface area contributed by atoms with E-state index in [4.69, 9.17) is 32.7 Å². The van der Waals surface area contributed by atoms with Crippen molar-refractivity contribution < 1.29 is 19.1 Å². The summed E-state index contributed by atoms with van der Waals surface area (Å²) in [5, 5.41) is 3.78. The van der Waals surface area contributed by atoms with Crippen molar-refractivity contribution in [3.63, 3.8) is 0 Å². The van der Waals surface area contributed by atoms with Crippen LogP contribution in [0.25, 0.3) is 0 Å². The predicted octanol–water partition coefficient (Wildman–Crippen LogP) is 4.48. The summed E-state index contributed by atoms with van der Waals surface area (Å²) in [6, 6.07) is 2.96. The van der Waals surface area contributed by atoms with Crippen molar-refractivity contribution in [2.75, 3.05) is 32.6 Å². The van der Waals surface area contributed by atoms with E-state index in [2.05, 4.69) is 10.2 Å². The third kappa shape index (κ3) is 4.12. The number of nitrogens with zero attached hydrogens (tertiary/aromatic N) is 1. The molecule has 0 unspecified atom stereocenters. The van der Waals surface area contributed by atoms with Crippen molar-refractivity contribution >= 4 is 51.4 Å². The number of nitrogens with one attached hydrogen (secondary N) is 1. The molecule has 1 aromatic heterocycles. The molecule has 1 amide bonds. The van der Waals surface area contributed by atoms with Crippen LogP contribution in [0.2, 0.25) is 10.0 Å². The zero-order chi connectivity index (χ0) is 20.4. The summed E-state index contributed by atoms with van der Waals surface area (Å²) in [4.78, 5) is 28.6. The number of rotatable bonds is 5. The largest absolute Gasteiger partial charge is 0.494 e. The smallest absolute Gasteiger partial charge is 0.341 e. The fourth-order valence-corrected chi connectivity index (χ4v) is 5.05. The first kappa shape index (κ1) is 20.9. The Balaban J connectivity index is 1.95. The maximum absolute atomic E-state index is 12.8. The first-order chi connectivity index (χ1) is 13.3. The number of anilines is 1. The van der Waals surface area contributed by atoms with E-state index in [9.17, 15) is 9.59 Å². The molecule has 0 fully saturated rings. The van der Waals surface area contributed by atoms with Gasteiger partial charge in [0.25, 0.3) is 5.91 Å². The van der Waals surface area contributed by atoms with Crippen LogP contribution in [-0.4, -0.2) is 44.1 Å². The highest BCUT2D eigenvalue weighted by Crippen LogP contribution is 2.38. The Kier molecular flexibility index (Phi) is 6.50. The highest BCUT2D eigenvalue weighted by atomic mass is 35.5. The molecule has 0 radical (unpaired) electrons. The predicted molar refractivity (Wildman–Crippen MR) is 111 cm³/mol. The SMILES string of the molecule is CCOC(=O)c1c(NC(=O)c2cc(Cl)c(OC)c(Cl)c2)sc2c1CCN(C)C2. The number of halogens is 2. The summed E-state index contributed by atoms with van der Waals surface area (Å²) in [5.74, 6) is -0.531. The zero-order valence-electron chi connectivity index (χ0n) is 15.7. The summed E-state index contributed by atoms with van der Waals surface area (Å²) >= 11 is 13.7. The van der Waals surface area contributed by atoms with E-state index in [1.165, 1.54) is 30.6 Å². The third-order valence-electron chi connectivity index (χ3n) is 4.42. The minimum atomic E-state index is -0.425. The van der Waals surface area contributed by atoms with E-state index in [-0.39, 0.29) is 22.2 Å². The normalized spacial score (nSPS) is 13.8. The molecule has 6 nitrogen and oxygen atoms in total. The van der Waals surface area contributed by atoms with E-state index in [1.807, 2.05) is 7.05 Å². The van der Waals surface area contributed by atoms with Crippen molar-refractivity contribution in [1.29, 1.82) is 0 Å². The average molecular weight is 443 g/mol. The van der Waals surface area contributed by atoms with Crippen LogP contribution in [0.1, 0.15) is 38.1 Å². The van der Waals surface area contributed by atoms with Gasteiger partial charge in [0.05, 0.1) is 29.3 Å². The van der Waals surface area contributed by atoms with Crippen LogP contribution in [0.4, 0.5) is 5.00 Å². The number of fused-ring (bicyclic) bond motifs is 1. The van der Waals surface area contributed by atoms with Crippen LogP contribution in [0, 0.1) is 0 Å². The van der Waals surface area contributed by atoms with Gasteiger partial charge in [0, 0.05) is 23.5 Å². The fraction of sp³-hybridized carbons (Fsp3) is 0.368. The first-order valence-electron chi connectivity index (χ1n) is 8.70. The second-order valence-electron chi connectivity index (χ2n) is 6.34. The van der Waals surface area contributed by atoms with E-state index >= 15 is 0 Å². The Morgan fingerprint density at radius 1 is 1.29 bits per heavy atom. The molecule has 2 aromatic rings. The lowest BCUT2D eigenvalue weighted by Gasteiger charge is -2.22. The minimum absolute atomic E-state index is 0.234. The Labute approximate surface area is 177 Å². The summed E-state index contributed by atoms with van der Waals surface area (Å²) in [6.07, 6.45) is 0.729.